The molecule has 0 aliphatic carbocycles. The van der Waals surface area contributed by atoms with Gasteiger partial charge < -0.3 is 0 Å². The van der Waals surface area contributed by atoms with Gasteiger partial charge in [0.2, 0.25) is 0 Å². The summed E-state index contributed by atoms with van der Waals surface area (Å²) in [5.41, 5.74) is 0. The highest BCUT2D eigenvalue weighted by molar-refractivity contribution is 9.12. The molecule has 0 rings (SSSR count). The van der Waals surface area contributed by atoms with Crippen LogP contribution in [0.2, 0.25) is 0 Å². The lowest BCUT2D eigenvalue weighted by molar-refractivity contribution is -0.114. The number of carbonyl (C=O) groups is 1. The number of allylic oxidation sites excluding steroid dienone is 1. The van der Waals surface area contributed by atoms with Crippen LogP contribution in [0.15, 0.2) is 8.97 Å². The van der Waals surface area contributed by atoms with Gasteiger partial charge in [-0.25, -0.2) is 0 Å². The molecule has 5 heteroatoms. The summed E-state index contributed by atoms with van der Waals surface area (Å²) in [6.45, 7) is 2.03. The average molecular weight is 308 g/mol. The fourth-order valence-electron chi connectivity index (χ4n) is 0.745. The van der Waals surface area contributed by atoms with Crippen molar-refractivity contribution < 1.29 is 4.79 Å². The standard InChI is InChI=1S/C8H10BrCl3O/c1-2-3-4-5(10)7(13)6(11)8(9)12/h5H,2-4H2,1H3/b8-6+/t5-/m1/s1. The minimum absolute atomic E-state index is 0.0298. The predicted octanol–water partition coefficient (Wildman–Crippen LogP) is 4.39. The van der Waals surface area contributed by atoms with Gasteiger partial charge in [0.05, 0.1) is 5.38 Å². The van der Waals surface area contributed by atoms with Crippen LogP contribution in [-0.2, 0) is 4.79 Å². The van der Waals surface area contributed by atoms with Gasteiger partial charge in [0.15, 0.2) is 5.78 Å². The molecule has 0 saturated heterocycles. The van der Waals surface area contributed by atoms with E-state index in [9.17, 15) is 4.79 Å². The second kappa shape index (κ2) is 7.10. The van der Waals surface area contributed by atoms with E-state index < -0.39 is 5.38 Å². The van der Waals surface area contributed by atoms with Crippen molar-refractivity contribution in [1.29, 1.82) is 0 Å². The van der Waals surface area contributed by atoms with Crippen molar-refractivity contribution in [2.75, 3.05) is 0 Å². The maximum Gasteiger partial charge on any atom is 0.194 e. The Kier molecular flexibility index (Phi) is 7.52. The Morgan fingerprint density at radius 2 is 2.00 bits per heavy atom. The van der Waals surface area contributed by atoms with Gasteiger partial charge in [-0.2, -0.15) is 0 Å². The third-order valence-corrected chi connectivity index (χ3v) is 3.18. The lowest BCUT2D eigenvalue weighted by atomic mass is 10.1. The molecule has 0 N–H and O–H groups in total. The van der Waals surface area contributed by atoms with Crippen molar-refractivity contribution >= 4 is 56.5 Å². The van der Waals surface area contributed by atoms with Crippen LogP contribution in [0, 0.1) is 0 Å². The molecule has 0 saturated carbocycles. The molecular weight excluding hydrogens is 298 g/mol. The monoisotopic (exact) mass is 306 g/mol. The van der Waals surface area contributed by atoms with Crippen LogP contribution in [0.4, 0.5) is 0 Å². The first-order chi connectivity index (χ1) is 6.00. The predicted molar refractivity (Wildman–Crippen MR) is 61.8 cm³/mol. The Morgan fingerprint density at radius 3 is 2.38 bits per heavy atom. The molecule has 0 spiro atoms. The maximum absolute atomic E-state index is 11.4. The quantitative estimate of drug-likeness (QED) is 0.543. The summed E-state index contributed by atoms with van der Waals surface area (Å²) in [6.07, 6.45) is 2.54. The summed E-state index contributed by atoms with van der Waals surface area (Å²) >= 11 is 19.8. The van der Waals surface area contributed by atoms with Crippen molar-refractivity contribution in [3.63, 3.8) is 0 Å². The van der Waals surface area contributed by atoms with Crippen LogP contribution in [-0.4, -0.2) is 11.2 Å². The van der Waals surface area contributed by atoms with E-state index in [0.29, 0.717) is 6.42 Å². The molecular formula is C8H10BrCl3O. The highest BCUT2D eigenvalue weighted by Crippen LogP contribution is 2.24. The van der Waals surface area contributed by atoms with Gasteiger partial charge in [0.1, 0.15) is 8.97 Å². The minimum Gasteiger partial charge on any atom is -0.291 e. The third-order valence-electron chi connectivity index (χ3n) is 1.48. The molecule has 0 fully saturated rings. The van der Waals surface area contributed by atoms with Crippen molar-refractivity contribution in [2.45, 2.75) is 31.6 Å². The molecule has 0 bridgehead atoms. The Labute approximate surface area is 102 Å². The lowest BCUT2D eigenvalue weighted by Gasteiger charge is -2.06. The molecule has 76 valence electrons. The molecule has 0 aliphatic heterocycles. The van der Waals surface area contributed by atoms with E-state index in [1.54, 1.807) is 0 Å². The van der Waals surface area contributed by atoms with Crippen molar-refractivity contribution in [2.24, 2.45) is 0 Å². The fraction of sp³-hybridized carbons (Fsp3) is 0.625. The van der Waals surface area contributed by atoms with Gasteiger partial charge in [-0.05, 0) is 22.4 Å². The molecule has 0 unspecified atom stereocenters. The zero-order valence-electron chi connectivity index (χ0n) is 7.12. The first-order valence-electron chi connectivity index (χ1n) is 3.89. The topological polar surface area (TPSA) is 17.1 Å². The fourth-order valence-corrected chi connectivity index (χ4v) is 1.48. The Bertz CT molecular complexity index is 211. The Balaban J connectivity index is 4.19. The number of unbranched alkanes of at least 4 members (excludes halogenated alkanes) is 1. The number of alkyl halides is 1. The summed E-state index contributed by atoms with van der Waals surface area (Å²) < 4.78 is 0.112. The second-order valence-corrected chi connectivity index (χ2v) is 5.08. The van der Waals surface area contributed by atoms with E-state index in [1.807, 2.05) is 6.92 Å². The summed E-state index contributed by atoms with van der Waals surface area (Å²) in [5.74, 6) is -0.321. The molecule has 0 radical (unpaired) electrons. The Morgan fingerprint density at radius 1 is 1.46 bits per heavy atom. The number of ketones is 1. The zero-order chi connectivity index (χ0) is 10.4. The molecule has 1 atom stereocenters. The highest BCUT2D eigenvalue weighted by atomic mass is 79.9. The third kappa shape index (κ3) is 5.26. The first kappa shape index (κ1) is 13.8. The van der Waals surface area contributed by atoms with Crippen LogP contribution >= 0.6 is 50.7 Å². The van der Waals surface area contributed by atoms with Gasteiger partial charge in [0, 0.05) is 0 Å². The second-order valence-electron chi connectivity index (χ2n) is 2.55. The van der Waals surface area contributed by atoms with E-state index in [1.165, 1.54) is 0 Å². The SMILES string of the molecule is CCCC[C@@H](Cl)C(=O)/C(Cl)=C(\Cl)Br. The molecule has 0 aliphatic rings. The average Bonchev–Trinajstić information content (AvgIpc) is 2.11. The van der Waals surface area contributed by atoms with E-state index in [-0.39, 0.29) is 14.8 Å². The summed E-state index contributed by atoms with van der Waals surface area (Å²) in [4.78, 5) is 11.4. The largest absolute Gasteiger partial charge is 0.291 e. The maximum atomic E-state index is 11.4. The van der Waals surface area contributed by atoms with Crippen molar-refractivity contribution in [3.05, 3.63) is 8.97 Å². The molecule has 0 aromatic carbocycles. The van der Waals surface area contributed by atoms with Crippen LogP contribution in [0.1, 0.15) is 26.2 Å². The van der Waals surface area contributed by atoms with E-state index in [0.717, 1.165) is 12.8 Å². The number of carbonyl (C=O) groups excluding carboxylic acids is 1. The lowest BCUT2D eigenvalue weighted by Crippen LogP contribution is -2.14. The van der Waals surface area contributed by atoms with Crippen LogP contribution in [0.25, 0.3) is 0 Å². The van der Waals surface area contributed by atoms with Gasteiger partial charge in [-0.1, -0.05) is 43.0 Å². The summed E-state index contributed by atoms with van der Waals surface area (Å²) in [5, 5.41) is -0.600. The van der Waals surface area contributed by atoms with Gasteiger partial charge in [0.25, 0.3) is 0 Å². The number of Topliss-reactive ketones (excluding diaryl/α,β-unsaturated/α-hetero) is 1. The van der Waals surface area contributed by atoms with Crippen LogP contribution < -0.4 is 0 Å². The zero-order valence-corrected chi connectivity index (χ0v) is 11.0. The first-order valence-corrected chi connectivity index (χ1v) is 5.88. The smallest absolute Gasteiger partial charge is 0.194 e. The van der Waals surface area contributed by atoms with Gasteiger partial charge in [-0.3, -0.25) is 4.79 Å². The Hall–Kier alpha value is 0.760. The van der Waals surface area contributed by atoms with Crippen LogP contribution in [0.3, 0.4) is 0 Å². The molecule has 1 nitrogen and oxygen atoms in total. The van der Waals surface area contributed by atoms with Gasteiger partial charge in [-0.15, -0.1) is 11.6 Å². The van der Waals surface area contributed by atoms with E-state index in [2.05, 4.69) is 15.9 Å². The molecule has 13 heavy (non-hydrogen) atoms. The molecule has 0 aromatic rings. The normalized spacial score (nSPS) is 15.2. The summed E-state index contributed by atoms with van der Waals surface area (Å²) in [7, 11) is 0. The van der Waals surface area contributed by atoms with Gasteiger partial charge >= 0.3 is 0 Å². The number of hydrogen-bond donors (Lipinski definition) is 0. The number of rotatable bonds is 5. The molecule has 0 amide bonds. The summed E-state index contributed by atoms with van der Waals surface area (Å²) in [6, 6.07) is 0. The van der Waals surface area contributed by atoms with Crippen molar-refractivity contribution in [1.82, 2.24) is 0 Å². The van der Waals surface area contributed by atoms with E-state index >= 15 is 0 Å². The van der Waals surface area contributed by atoms with Crippen LogP contribution in [0.5, 0.6) is 0 Å². The minimum atomic E-state index is -0.571. The highest BCUT2D eigenvalue weighted by Gasteiger charge is 2.19. The number of halogens is 4. The van der Waals surface area contributed by atoms with Crippen molar-refractivity contribution in [3.8, 4) is 0 Å². The molecule has 0 heterocycles. The number of hydrogen-bond acceptors (Lipinski definition) is 1. The molecule has 0 aromatic heterocycles. The van der Waals surface area contributed by atoms with E-state index in [4.69, 9.17) is 34.8 Å².